The lowest BCUT2D eigenvalue weighted by Crippen LogP contribution is -2.13. The van der Waals surface area contributed by atoms with Gasteiger partial charge in [0.25, 0.3) is 0 Å². The van der Waals surface area contributed by atoms with Crippen LogP contribution < -0.4 is 5.73 Å². The Bertz CT molecular complexity index is 1930. The minimum Gasteiger partial charge on any atom is -0.409 e. The molecule has 6 aromatic rings. The second-order valence-electron chi connectivity index (χ2n) is 11.4. The van der Waals surface area contributed by atoms with Crippen molar-refractivity contribution in [3.8, 4) is 22.5 Å². The number of rotatable bonds is 13. The van der Waals surface area contributed by atoms with E-state index in [2.05, 4.69) is 57.2 Å². The minimum absolute atomic E-state index is 0.151. The Morgan fingerprint density at radius 3 is 1.67 bits per heavy atom. The van der Waals surface area contributed by atoms with Gasteiger partial charge in [0.1, 0.15) is 0 Å². The fourth-order valence-electron chi connectivity index (χ4n) is 5.27. The average molecular weight is 670 g/mol. The summed E-state index contributed by atoms with van der Waals surface area (Å²) in [6, 6.07) is 36.4. The highest BCUT2D eigenvalue weighted by Gasteiger charge is 2.06. The molecule has 0 atom stereocenters. The molecule has 0 fully saturated rings. The third-order valence-corrected chi connectivity index (χ3v) is 9.64. The number of unbranched alkanes of at least 4 members (excludes halogenated alkanes) is 2. The van der Waals surface area contributed by atoms with Crippen LogP contribution in [0.2, 0.25) is 0 Å². The SMILES string of the molecule is N/C(=N\O)c1cccc(CCCCc2nc(-c3ccccc3)cs2)c1.[C-]#[N+]c1cccc(CCCCc2nc(-c3ccccc3)cs2)c1. The van der Waals surface area contributed by atoms with Crippen molar-refractivity contribution in [2.24, 2.45) is 10.9 Å². The summed E-state index contributed by atoms with van der Waals surface area (Å²) in [4.78, 5) is 12.9. The van der Waals surface area contributed by atoms with E-state index in [4.69, 9.17) is 27.5 Å². The van der Waals surface area contributed by atoms with E-state index < -0.39 is 0 Å². The van der Waals surface area contributed by atoms with Gasteiger partial charge in [0.2, 0.25) is 0 Å². The van der Waals surface area contributed by atoms with Gasteiger partial charge < -0.3 is 10.9 Å². The van der Waals surface area contributed by atoms with Crippen molar-refractivity contribution in [3.63, 3.8) is 0 Å². The molecule has 8 heteroatoms. The fourth-order valence-corrected chi connectivity index (χ4v) is 6.97. The summed E-state index contributed by atoms with van der Waals surface area (Å²) in [7, 11) is 0. The predicted octanol–water partition coefficient (Wildman–Crippen LogP) is 10.4. The Morgan fingerprint density at radius 2 is 1.15 bits per heavy atom. The lowest BCUT2D eigenvalue weighted by molar-refractivity contribution is 0.318. The van der Waals surface area contributed by atoms with Gasteiger partial charge in [0.05, 0.1) is 28.0 Å². The molecular weight excluding hydrogens is 631 g/mol. The minimum atomic E-state index is 0.151. The molecule has 3 N–H and O–H groups in total. The quantitative estimate of drug-likeness (QED) is 0.0320. The highest BCUT2D eigenvalue weighted by atomic mass is 32.1. The van der Waals surface area contributed by atoms with Crippen LogP contribution >= 0.6 is 22.7 Å². The van der Waals surface area contributed by atoms with E-state index in [1.54, 1.807) is 22.7 Å². The number of aromatic nitrogens is 2. The second kappa shape index (κ2) is 18.3. The van der Waals surface area contributed by atoms with Crippen molar-refractivity contribution in [2.45, 2.75) is 51.4 Å². The van der Waals surface area contributed by atoms with Crippen LogP contribution in [-0.4, -0.2) is 21.0 Å². The summed E-state index contributed by atoms with van der Waals surface area (Å²) in [6.07, 6.45) is 8.46. The van der Waals surface area contributed by atoms with Crippen LogP contribution in [0.4, 0.5) is 5.69 Å². The van der Waals surface area contributed by atoms with Gasteiger partial charge in [-0.1, -0.05) is 114 Å². The van der Waals surface area contributed by atoms with Crippen LogP contribution in [0.3, 0.4) is 0 Å². The Labute approximate surface area is 291 Å². The van der Waals surface area contributed by atoms with E-state index in [0.29, 0.717) is 0 Å². The summed E-state index contributed by atoms with van der Waals surface area (Å²) < 4.78 is 0. The number of hydrogen-bond donors (Lipinski definition) is 2. The van der Waals surface area contributed by atoms with Crippen LogP contribution in [0.25, 0.3) is 27.4 Å². The molecule has 2 heterocycles. The van der Waals surface area contributed by atoms with Gasteiger partial charge in [-0.3, -0.25) is 0 Å². The zero-order valence-corrected chi connectivity index (χ0v) is 28.5. The highest BCUT2D eigenvalue weighted by molar-refractivity contribution is 7.10. The Hall–Kier alpha value is -5.10. The molecule has 0 radical (unpaired) electrons. The third kappa shape index (κ3) is 10.5. The molecule has 0 saturated heterocycles. The number of oxime groups is 1. The maximum Gasteiger partial charge on any atom is 0.187 e. The maximum atomic E-state index is 8.76. The lowest BCUT2D eigenvalue weighted by atomic mass is 10.0. The van der Waals surface area contributed by atoms with E-state index in [1.165, 1.54) is 32.3 Å². The number of nitrogens with zero attached hydrogens (tertiary/aromatic N) is 4. The number of benzene rings is 4. The van der Waals surface area contributed by atoms with Crippen LogP contribution in [-0.2, 0) is 25.7 Å². The molecule has 0 aliphatic heterocycles. The number of thiazole rings is 2. The Morgan fingerprint density at radius 1 is 0.646 bits per heavy atom. The van der Waals surface area contributed by atoms with E-state index in [-0.39, 0.29) is 5.84 Å². The zero-order valence-electron chi connectivity index (χ0n) is 26.8. The zero-order chi connectivity index (χ0) is 33.4. The van der Waals surface area contributed by atoms with Crippen molar-refractivity contribution in [1.82, 2.24) is 9.97 Å². The molecule has 0 spiro atoms. The summed E-state index contributed by atoms with van der Waals surface area (Å²) in [5.74, 6) is 0.151. The molecule has 242 valence electrons. The largest absolute Gasteiger partial charge is 0.409 e. The van der Waals surface area contributed by atoms with Crippen molar-refractivity contribution < 1.29 is 5.21 Å². The number of hydrogen-bond acceptors (Lipinski definition) is 6. The molecule has 2 aromatic heterocycles. The van der Waals surface area contributed by atoms with Gasteiger partial charge in [0, 0.05) is 27.5 Å². The molecule has 0 amide bonds. The first-order chi connectivity index (χ1) is 23.6. The van der Waals surface area contributed by atoms with Gasteiger partial charge in [-0.25, -0.2) is 14.8 Å². The smallest absolute Gasteiger partial charge is 0.187 e. The van der Waals surface area contributed by atoms with Crippen LogP contribution in [0.15, 0.2) is 125 Å². The van der Waals surface area contributed by atoms with Gasteiger partial charge in [-0.15, -0.1) is 22.7 Å². The molecule has 0 unspecified atom stereocenters. The monoisotopic (exact) mass is 669 g/mol. The topological polar surface area (TPSA) is 88.8 Å². The second-order valence-corrected chi connectivity index (χ2v) is 13.3. The average Bonchev–Trinajstić information content (AvgIpc) is 3.83. The van der Waals surface area contributed by atoms with E-state index in [9.17, 15) is 0 Å². The predicted molar refractivity (Wildman–Crippen MR) is 200 cm³/mol. The molecule has 0 aliphatic rings. The Balaban J connectivity index is 0.000000188. The summed E-state index contributed by atoms with van der Waals surface area (Å²) in [5.41, 5.74) is 14.1. The lowest BCUT2D eigenvalue weighted by Gasteiger charge is -2.04. The summed E-state index contributed by atoms with van der Waals surface area (Å²) >= 11 is 3.47. The summed E-state index contributed by atoms with van der Waals surface area (Å²) in [6.45, 7) is 7.06. The first-order valence-electron chi connectivity index (χ1n) is 16.1. The highest BCUT2D eigenvalue weighted by Crippen LogP contribution is 2.24. The number of aryl methyl sites for hydroxylation is 4. The molecule has 48 heavy (non-hydrogen) atoms. The fraction of sp³-hybridized carbons (Fsp3) is 0.200. The maximum absolute atomic E-state index is 8.76. The molecule has 0 saturated carbocycles. The molecule has 6 nitrogen and oxygen atoms in total. The number of nitrogens with two attached hydrogens (primary N) is 1. The first-order valence-corrected chi connectivity index (χ1v) is 17.9. The van der Waals surface area contributed by atoms with Gasteiger partial charge in [-0.05, 0) is 63.0 Å². The van der Waals surface area contributed by atoms with Gasteiger partial charge in [0.15, 0.2) is 11.5 Å². The molecular formula is C40H39N5OS2. The molecule has 4 aromatic carbocycles. The normalized spacial score (nSPS) is 11.0. The molecule has 6 rings (SSSR count). The number of amidine groups is 1. The van der Waals surface area contributed by atoms with E-state index >= 15 is 0 Å². The van der Waals surface area contributed by atoms with E-state index in [1.807, 2.05) is 72.8 Å². The van der Waals surface area contributed by atoms with Crippen LogP contribution in [0.5, 0.6) is 0 Å². The molecule has 0 aliphatic carbocycles. The van der Waals surface area contributed by atoms with E-state index in [0.717, 1.165) is 74.0 Å². The first kappa shape index (κ1) is 34.2. The Kier molecular flexibility index (Phi) is 13.0. The summed E-state index contributed by atoms with van der Waals surface area (Å²) in [5, 5.41) is 18.5. The van der Waals surface area contributed by atoms with Crippen LogP contribution in [0, 0.1) is 6.57 Å². The third-order valence-electron chi connectivity index (χ3n) is 7.82. The van der Waals surface area contributed by atoms with Crippen molar-refractivity contribution in [3.05, 3.63) is 158 Å². The standard InChI is InChI=1S/C20H21N3OS.C20H18N2S/c21-20(23-24)17-11-6-8-15(13-17)7-4-5-12-19-22-18(14-25-19)16-9-2-1-3-10-16;1-21-18-12-7-9-16(14-18)8-5-6-13-20-22-19(15-23-20)17-10-3-2-4-11-17/h1-3,6,8-11,13-14,24H,4-5,7,12H2,(H2,21,23);2-4,7,9-12,14-15H,5-6,8,13H2. The van der Waals surface area contributed by atoms with Crippen molar-refractivity contribution in [2.75, 3.05) is 0 Å². The van der Waals surface area contributed by atoms with Crippen LogP contribution in [0.1, 0.15) is 52.4 Å². The molecule has 0 bridgehead atoms. The van der Waals surface area contributed by atoms with Gasteiger partial charge >= 0.3 is 0 Å². The van der Waals surface area contributed by atoms with Crippen molar-refractivity contribution >= 4 is 34.2 Å². The van der Waals surface area contributed by atoms with Crippen molar-refractivity contribution in [1.29, 1.82) is 0 Å². The van der Waals surface area contributed by atoms with Gasteiger partial charge in [-0.2, -0.15) is 0 Å².